The Morgan fingerprint density at radius 3 is 2.89 bits per heavy atom. The Morgan fingerprint density at radius 1 is 1.22 bits per heavy atom. The summed E-state index contributed by atoms with van der Waals surface area (Å²) in [7, 11) is 0. The summed E-state index contributed by atoms with van der Waals surface area (Å²) in [5.41, 5.74) is 2.42. The van der Waals surface area contributed by atoms with E-state index in [-0.39, 0.29) is 11.9 Å². The number of hydrogen-bond donors (Lipinski definition) is 0. The van der Waals surface area contributed by atoms with E-state index in [0.29, 0.717) is 12.0 Å². The van der Waals surface area contributed by atoms with Gasteiger partial charge in [0.1, 0.15) is 11.3 Å². The number of nitrogens with zero attached hydrogens (tertiary/aromatic N) is 2. The maximum Gasteiger partial charge on any atom is 0.227 e. The smallest absolute Gasteiger partial charge is 0.227 e. The molecule has 1 aromatic heterocycles. The minimum atomic E-state index is 0.101. The van der Waals surface area contributed by atoms with Gasteiger partial charge < -0.3 is 9.32 Å². The third-order valence-corrected chi connectivity index (χ3v) is 4.96. The van der Waals surface area contributed by atoms with Crippen molar-refractivity contribution in [2.24, 2.45) is 0 Å². The molecule has 1 aliphatic heterocycles. The van der Waals surface area contributed by atoms with Crippen LogP contribution in [0.4, 0.5) is 0 Å². The normalized spacial score (nSPS) is 16.9. The summed E-state index contributed by atoms with van der Waals surface area (Å²) in [4.78, 5) is 14.6. The highest BCUT2D eigenvalue weighted by Crippen LogP contribution is 2.24. The lowest BCUT2D eigenvalue weighted by Gasteiger charge is -2.22. The average molecular weight is 356 g/mol. The van der Waals surface area contributed by atoms with Gasteiger partial charge in [-0.1, -0.05) is 36.4 Å². The second-order valence-electron chi connectivity index (χ2n) is 6.83. The van der Waals surface area contributed by atoms with Crippen LogP contribution in [-0.2, 0) is 11.2 Å². The standard InChI is InChI=1S/C23H20N2O2/c24-16-18-8-11-22-19(13-18)15-21(27-22)10-9-20-7-4-12-25(20)23(26)14-17-5-2-1-3-6-17/h1-3,5-6,8-11,13,15,20H,4,7,12,14H2/b10-9+/t20-/m0/s1. The van der Waals surface area contributed by atoms with Crippen molar-refractivity contribution < 1.29 is 9.21 Å². The first-order chi connectivity index (χ1) is 13.2. The minimum absolute atomic E-state index is 0.101. The Hall–Kier alpha value is -3.32. The van der Waals surface area contributed by atoms with E-state index < -0.39 is 0 Å². The van der Waals surface area contributed by atoms with Crippen molar-refractivity contribution in [1.29, 1.82) is 5.26 Å². The quantitative estimate of drug-likeness (QED) is 0.689. The van der Waals surface area contributed by atoms with Gasteiger partial charge in [0, 0.05) is 11.9 Å². The highest BCUT2D eigenvalue weighted by atomic mass is 16.3. The number of nitriles is 1. The third kappa shape index (κ3) is 3.78. The first-order valence-electron chi connectivity index (χ1n) is 9.18. The van der Waals surface area contributed by atoms with Crippen LogP contribution in [0, 0.1) is 11.3 Å². The third-order valence-electron chi connectivity index (χ3n) is 4.96. The Bertz CT molecular complexity index is 1030. The van der Waals surface area contributed by atoms with Crippen LogP contribution >= 0.6 is 0 Å². The van der Waals surface area contributed by atoms with E-state index in [1.54, 1.807) is 6.07 Å². The molecule has 3 aromatic rings. The van der Waals surface area contributed by atoms with Crippen LogP contribution in [0.1, 0.15) is 29.7 Å². The molecule has 134 valence electrons. The molecule has 1 amide bonds. The Balaban J connectivity index is 1.47. The van der Waals surface area contributed by atoms with E-state index in [1.165, 1.54) is 0 Å². The van der Waals surface area contributed by atoms with Crippen molar-refractivity contribution in [3.63, 3.8) is 0 Å². The van der Waals surface area contributed by atoms with Crippen molar-refractivity contribution in [3.05, 3.63) is 77.6 Å². The van der Waals surface area contributed by atoms with Crippen LogP contribution in [-0.4, -0.2) is 23.4 Å². The number of carbonyl (C=O) groups excluding carboxylic acids is 1. The Labute approximate surface area is 158 Å². The lowest BCUT2D eigenvalue weighted by molar-refractivity contribution is -0.130. The molecule has 0 bridgehead atoms. The average Bonchev–Trinajstić information content (AvgIpc) is 3.32. The number of hydrogen-bond acceptors (Lipinski definition) is 3. The van der Waals surface area contributed by atoms with Crippen molar-refractivity contribution in [1.82, 2.24) is 4.90 Å². The van der Waals surface area contributed by atoms with Gasteiger partial charge in [-0.25, -0.2) is 0 Å². The summed E-state index contributed by atoms with van der Waals surface area (Å²) in [6, 6.07) is 19.4. The molecular weight excluding hydrogens is 336 g/mol. The van der Waals surface area contributed by atoms with Crippen molar-refractivity contribution in [3.8, 4) is 6.07 Å². The topological polar surface area (TPSA) is 57.2 Å². The van der Waals surface area contributed by atoms with Crippen molar-refractivity contribution in [2.45, 2.75) is 25.3 Å². The number of fused-ring (bicyclic) bond motifs is 1. The molecule has 0 radical (unpaired) electrons. The van der Waals surface area contributed by atoms with E-state index in [9.17, 15) is 4.79 Å². The Kier molecular flexibility index (Phi) is 4.76. The van der Waals surface area contributed by atoms with E-state index >= 15 is 0 Å². The number of likely N-dealkylation sites (tertiary alicyclic amines) is 1. The molecule has 4 rings (SSSR count). The summed E-state index contributed by atoms with van der Waals surface area (Å²) < 4.78 is 5.82. The van der Waals surface area contributed by atoms with Crippen LogP contribution in [0.2, 0.25) is 0 Å². The van der Waals surface area contributed by atoms with Gasteiger partial charge in [-0.3, -0.25) is 4.79 Å². The molecule has 4 nitrogen and oxygen atoms in total. The fourth-order valence-electron chi connectivity index (χ4n) is 3.60. The van der Waals surface area contributed by atoms with Crippen LogP contribution in [0.15, 0.2) is 65.1 Å². The molecule has 1 aliphatic rings. The summed E-state index contributed by atoms with van der Waals surface area (Å²) in [6.45, 7) is 0.798. The van der Waals surface area contributed by atoms with Gasteiger partial charge in [-0.2, -0.15) is 5.26 Å². The number of carbonyl (C=O) groups is 1. The van der Waals surface area contributed by atoms with Gasteiger partial charge in [0.2, 0.25) is 5.91 Å². The van der Waals surface area contributed by atoms with E-state index in [1.807, 2.05) is 59.5 Å². The zero-order chi connectivity index (χ0) is 18.6. The largest absolute Gasteiger partial charge is 0.457 e. The van der Waals surface area contributed by atoms with Gasteiger partial charge in [0.05, 0.1) is 24.1 Å². The fourth-order valence-corrected chi connectivity index (χ4v) is 3.60. The summed E-state index contributed by atoms with van der Waals surface area (Å²) in [5, 5.41) is 9.92. The molecule has 1 saturated heterocycles. The van der Waals surface area contributed by atoms with Gasteiger partial charge in [0.15, 0.2) is 0 Å². The maximum absolute atomic E-state index is 12.7. The van der Waals surface area contributed by atoms with E-state index in [4.69, 9.17) is 9.68 Å². The molecule has 0 unspecified atom stereocenters. The van der Waals surface area contributed by atoms with Crippen molar-refractivity contribution in [2.75, 3.05) is 6.54 Å². The molecule has 2 aromatic carbocycles. The van der Waals surface area contributed by atoms with Crippen LogP contribution in [0.3, 0.4) is 0 Å². The zero-order valence-corrected chi connectivity index (χ0v) is 15.0. The van der Waals surface area contributed by atoms with Gasteiger partial charge in [-0.05, 0) is 48.7 Å². The molecule has 2 heterocycles. The van der Waals surface area contributed by atoms with Crippen LogP contribution in [0.25, 0.3) is 17.0 Å². The number of amides is 1. The molecule has 1 fully saturated rings. The minimum Gasteiger partial charge on any atom is -0.457 e. The second-order valence-corrected chi connectivity index (χ2v) is 6.83. The molecule has 1 atom stereocenters. The second kappa shape index (κ2) is 7.51. The summed E-state index contributed by atoms with van der Waals surface area (Å²) in [5.74, 6) is 0.902. The van der Waals surface area contributed by atoms with Gasteiger partial charge in [-0.15, -0.1) is 0 Å². The lowest BCUT2D eigenvalue weighted by atomic mass is 10.1. The predicted molar refractivity (Wildman–Crippen MR) is 105 cm³/mol. The molecular formula is C23H20N2O2. The molecule has 27 heavy (non-hydrogen) atoms. The van der Waals surface area contributed by atoms with Gasteiger partial charge >= 0.3 is 0 Å². The van der Waals surface area contributed by atoms with E-state index in [0.717, 1.165) is 41.7 Å². The summed E-state index contributed by atoms with van der Waals surface area (Å²) in [6.07, 6.45) is 6.41. The lowest BCUT2D eigenvalue weighted by Crippen LogP contribution is -2.35. The maximum atomic E-state index is 12.7. The van der Waals surface area contributed by atoms with E-state index in [2.05, 4.69) is 12.1 Å². The van der Waals surface area contributed by atoms with Gasteiger partial charge in [0.25, 0.3) is 0 Å². The van der Waals surface area contributed by atoms with Crippen molar-refractivity contribution >= 4 is 23.0 Å². The predicted octanol–water partition coefficient (Wildman–Crippen LogP) is 4.55. The molecule has 0 aliphatic carbocycles. The van der Waals surface area contributed by atoms with Crippen LogP contribution in [0.5, 0.6) is 0 Å². The fraction of sp³-hybridized carbons (Fsp3) is 0.217. The molecule has 4 heteroatoms. The first kappa shape index (κ1) is 17.1. The monoisotopic (exact) mass is 356 g/mol. The Morgan fingerprint density at radius 2 is 2.07 bits per heavy atom. The number of benzene rings is 2. The highest BCUT2D eigenvalue weighted by molar-refractivity contribution is 5.82. The molecule has 0 saturated carbocycles. The SMILES string of the molecule is N#Cc1ccc2oc(/C=C/[C@@H]3CCCN3C(=O)Cc3ccccc3)cc2c1. The number of furan rings is 1. The van der Waals surface area contributed by atoms with Crippen LogP contribution < -0.4 is 0 Å². The molecule has 0 spiro atoms. The molecule has 0 N–H and O–H groups in total. The highest BCUT2D eigenvalue weighted by Gasteiger charge is 2.26. The zero-order valence-electron chi connectivity index (χ0n) is 15.0. The number of rotatable bonds is 4. The first-order valence-corrected chi connectivity index (χ1v) is 9.18. The summed E-state index contributed by atoms with van der Waals surface area (Å²) >= 11 is 0.